The molecule has 4 unspecified atom stereocenters. The predicted molar refractivity (Wildman–Crippen MR) is 148 cm³/mol. The fourth-order valence-electron chi connectivity index (χ4n) is 5.47. The van der Waals surface area contributed by atoms with Gasteiger partial charge in [0.2, 0.25) is 17.3 Å². The number of allylic oxidation sites excluding steroid dienone is 3. The first-order valence-electron chi connectivity index (χ1n) is 13.6. The number of ether oxygens (including phenoxy) is 1. The van der Waals surface area contributed by atoms with Gasteiger partial charge in [-0.25, -0.2) is 0 Å². The minimum absolute atomic E-state index is 0.0791. The van der Waals surface area contributed by atoms with E-state index in [-0.39, 0.29) is 45.6 Å². The molecule has 2 heterocycles. The highest BCUT2D eigenvalue weighted by Gasteiger charge is 2.72. The first kappa shape index (κ1) is 29.6. The smallest absolute Gasteiger partial charge is 0.374 e. The van der Waals surface area contributed by atoms with Crippen molar-refractivity contribution in [1.82, 2.24) is 5.06 Å². The molecule has 3 aliphatic rings. The molecule has 1 amide bonds. The number of aromatic hydroxyl groups is 1. The number of hydrogen-bond donors (Lipinski definition) is 5. The number of carbonyl (C=O) groups excluding carboxylic acids is 3. The number of carbonyl (C=O) groups is 3. The first-order valence-corrected chi connectivity index (χ1v) is 13.6. The minimum Gasteiger partial charge on any atom is -0.578 e. The number of benzene rings is 2. The molecule has 0 radical (unpaired) electrons. The van der Waals surface area contributed by atoms with E-state index in [1.54, 1.807) is 20.8 Å². The van der Waals surface area contributed by atoms with E-state index in [0.717, 1.165) is 6.07 Å². The summed E-state index contributed by atoms with van der Waals surface area (Å²) in [7, 11) is 0. The fourth-order valence-corrected chi connectivity index (χ4v) is 5.47. The lowest BCUT2D eigenvalue weighted by Gasteiger charge is -2.56. The molecular formula is C30H30N2O11. The number of amides is 1. The van der Waals surface area contributed by atoms with Crippen molar-refractivity contribution >= 4 is 28.6 Å². The Morgan fingerprint density at radius 1 is 0.860 bits per heavy atom. The van der Waals surface area contributed by atoms with E-state index in [0.29, 0.717) is 6.42 Å². The van der Waals surface area contributed by atoms with Crippen molar-refractivity contribution in [2.45, 2.75) is 46.3 Å². The van der Waals surface area contributed by atoms with Crippen LogP contribution in [0.3, 0.4) is 0 Å². The van der Waals surface area contributed by atoms with Gasteiger partial charge in [0.25, 0.3) is 0 Å². The van der Waals surface area contributed by atoms with E-state index in [1.807, 2.05) is 0 Å². The van der Waals surface area contributed by atoms with Gasteiger partial charge in [-0.15, -0.1) is 0 Å². The Hall–Kier alpha value is -4.85. The summed E-state index contributed by atoms with van der Waals surface area (Å²) in [5.74, 6) is -8.45. The Balaban J connectivity index is 1.64. The Morgan fingerprint density at radius 2 is 1.42 bits per heavy atom. The van der Waals surface area contributed by atoms with Gasteiger partial charge in [-0.3, -0.25) is 24.4 Å². The van der Waals surface area contributed by atoms with Crippen molar-refractivity contribution in [1.29, 1.82) is 0 Å². The van der Waals surface area contributed by atoms with Crippen LogP contribution < -0.4 is 9.57 Å². The summed E-state index contributed by atoms with van der Waals surface area (Å²) in [5, 5.41) is 67.7. The molecule has 5 rings (SSSR count). The lowest BCUT2D eigenvalue weighted by atomic mass is 9.86. The van der Waals surface area contributed by atoms with Gasteiger partial charge in [-0.2, -0.15) is 5.06 Å². The average Bonchev–Trinajstić information content (AvgIpc) is 2.99. The third kappa shape index (κ3) is 4.00. The molecule has 2 aromatic rings. The molecule has 13 nitrogen and oxygen atoms in total. The third-order valence-electron chi connectivity index (χ3n) is 8.27. The summed E-state index contributed by atoms with van der Waals surface area (Å²) in [6, 6.07) is 8.61. The second kappa shape index (κ2) is 10.2. The van der Waals surface area contributed by atoms with Crippen LogP contribution in [0, 0.1) is 17.0 Å². The summed E-state index contributed by atoms with van der Waals surface area (Å²) in [5.41, 5.74) is -3.99. The van der Waals surface area contributed by atoms with Gasteiger partial charge in [0, 0.05) is 5.92 Å². The number of rotatable bonds is 6. The van der Waals surface area contributed by atoms with Crippen LogP contribution in [0.15, 0.2) is 65.6 Å². The second-order valence-corrected chi connectivity index (χ2v) is 10.7. The minimum atomic E-state index is -2.56. The van der Waals surface area contributed by atoms with E-state index in [1.165, 1.54) is 43.3 Å². The molecule has 2 aliphatic heterocycles. The zero-order valence-corrected chi connectivity index (χ0v) is 23.7. The van der Waals surface area contributed by atoms with E-state index in [4.69, 9.17) is 9.57 Å². The lowest BCUT2D eigenvalue weighted by molar-refractivity contribution is -1.08. The first-order chi connectivity index (χ1) is 20.2. The lowest BCUT2D eigenvalue weighted by Crippen LogP contribution is -2.78. The summed E-state index contributed by atoms with van der Waals surface area (Å²) < 4.78 is 6.04. The van der Waals surface area contributed by atoms with Gasteiger partial charge in [0.05, 0.1) is 17.1 Å². The summed E-state index contributed by atoms with van der Waals surface area (Å²) in [6.45, 7) is 6.51. The molecule has 4 atom stereocenters. The highest BCUT2D eigenvalue weighted by molar-refractivity contribution is 6.46. The third-order valence-corrected chi connectivity index (χ3v) is 8.27. The molecule has 5 N–H and O–H groups in total. The number of Topliss-reactive ketones (excluding diaryl/α,β-unsaturated/α-hetero) is 2. The molecule has 2 aromatic carbocycles. The molecule has 1 aliphatic carbocycles. The molecule has 0 bridgehead atoms. The van der Waals surface area contributed by atoms with Crippen molar-refractivity contribution < 1.29 is 54.4 Å². The monoisotopic (exact) mass is 594 g/mol. The summed E-state index contributed by atoms with van der Waals surface area (Å²) in [6.07, 6.45) is 0.533. The number of ketones is 2. The number of hydroxylamine groups is 6. The number of fused-ring (bicyclic) bond motifs is 2. The molecule has 13 heteroatoms. The average molecular weight is 595 g/mol. The second-order valence-electron chi connectivity index (χ2n) is 10.7. The number of phenolic OH excluding ortho intramolecular Hbond substituents is 1. The van der Waals surface area contributed by atoms with Crippen LogP contribution in [0.1, 0.15) is 51.7 Å². The van der Waals surface area contributed by atoms with Crippen LogP contribution >= 0.6 is 0 Å². The maximum atomic E-state index is 14.4. The number of aliphatic hydroxyl groups excluding tert-OH is 3. The zero-order valence-electron chi connectivity index (χ0n) is 23.7. The van der Waals surface area contributed by atoms with Crippen LogP contribution in [0.2, 0.25) is 0 Å². The molecule has 43 heavy (non-hydrogen) atoms. The van der Waals surface area contributed by atoms with E-state index < -0.39 is 68.4 Å². The number of hydrogen-bond acceptors (Lipinski definition) is 11. The standard InChI is InChI=1S/C30H30N2O11/c1-5-14(3)23-28(38)32(41)30(15(4)6-2,29(39)31(23)40)42-20-13-17(9-12-19(20)43-32)22-26(36)24(34)21(25(35)27(22)37)16-7-10-18(33)11-8-16/h7-15,33-34,37-38,40H,5-6H2,1-4H3. The Bertz CT molecular complexity index is 1660. The molecule has 0 aromatic heterocycles. The van der Waals surface area contributed by atoms with Crippen LogP contribution in [-0.4, -0.2) is 58.7 Å². The SMILES string of the molecule is CCC(C)C1=C(O)[N+]2([O-])Oc3ccc(C4=C(O)C(=O)C(c5ccc(O)cc5)=C(O)C4=O)cc3OC2(C(C)CC)C(=O)N1O. The van der Waals surface area contributed by atoms with Gasteiger partial charge in [0.15, 0.2) is 23.0 Å². The maximum Gasteiger partial charge on any atom is 0.374 e. The molecule has 0 spiro atoms. The zero-order chi connectivity index (χ0) is 31.6. The van der Waals surface area contributed by atoms with E-state index in [2.05, 4.69) is 0 Å². The molecule has 226 valence electrons. The number of quaternary nitrogens is 1. The molecule has 0 saturated heterocycles. The number of nitrogens with zero attached hydrogens (tertiary/aromatic N) is 2. The highest BCUT2D eigenvalue weighted by Crippen LogP contribution is 2.52. The van der Waals surface area contributed by atoms with Crippen molar-refractivity contribution in [3.05, 3.63) is 81.9 Å². The van der Waals surface area contributed by atoms with Crippen LogP contribution in [0.25, 0.3) is 11.1 Å². The summed E-state index contributed by atoms with van der Waals surface area (Å²) in [4.78, 5) is 43.8. The molecule has 0 saturated carbocycles. The quantitative estimate of drug-likeness (QED) is 0.136. The van der Waals surface area contributed by atoms with Crippen molar-refractivity contribution in [2.75, 3.05) is 0 Å². The Labute approximate surface area is 245 Å². The Morgan fingerprint density at radius 3 is 1.98 bits per heavy atom. The van der Waals surface area contributed by atoms with Crippen LogP contribution in [-0.2, 0) is 14.4 Å². The van der Waals surface area contributed by atoms with Gasteiger partial charge in [-0.1, -0.05) is 44.6 Å². The van der Waals surface area contributed by atoms with Crippen LogP contribution in [0.5, 0.6) is 17.2 Å². The summed E-state index contributed by atoms with van der Waals surface area (Å²) >= 11 is 0. The highest BCUT2D eigenvalue weighted by atomic mass is 17.0. The normalized spacial score (nSPS) is 25.3. The van der Waals surface area contributed by atoms with E-state index >= 15 is 0 Å². The van der Waals surface area contributed by atoms with Gasteiger partial charge < -0.3 is 30.4 Å². The van der Waals surface area contributed by atoms with Crippen molar-refractivity contribution in [3.63, 3.8) is 0 Å². The predicted octanol–water partition coefficient (Wildman–Crippen LogP) is 4.53. The number of phenols is 1. The van der Waals surface area contributed by atoms with Gasteiger partial charge in [-0.05, 0) is 54.3 Å². The fraction of sp³-hybridized carbons (Fsp3) is 0.300. The Kier molecular flexibility index (Phi) is 7.00. The number of aliphatic hydroxyl groups is 3. The van der Waals surface area contributed by atoms with Gasteiger partial charge in [0.1, 0.15) is 5.75 Å². The van der Waals surface area contributed by atoms with Crippen molar-refractivity contribution in [2.24, 2.45) is 11.8 Å². The van der Waals surface area contributed by atoms with E-state index in [9.17, 15) is 45.2 Å². The van der Waals surface area contributed by atoms with Crippen LogP contribution in [0.4, 0.5) is 0 Å². The molecular weight excluding hydrogens is 564 g/mol. The maximum absolute atomic E-state index is 14.4. The van der Waals surface area contributed by atoms with Gasteiger partial charge >= 0.3 is 17.5 Å². The molecule has 0 fully saturated rings. The largest absolute Gasteiger partial charge is 0.578 e. The van der Waals surface area contributed by atoms with Crippen molar-refractivity contribution in [3.8, 4) is 17.2 Å². The topological polar surface area (TPSA) is 197 Å².